The fraction of sp³-hybridized carbons (Fsp3) is 0.429. The highest BCUT2D eigenvalue weighted by Crippen LogP contribution is 2.47. The van der Waals surface area contributed by atoms with E-state index in [0.717, 1.165) is 0 Å². The third-order valence-corrected chi connectivity index (χ3v) is 7.06. The summed E-state index contributed by atoms with van der Waals surface area (Å²) in [6.45, 7) is 18.5. The number of hydrogen-bond donors (Lipinski definition) is 1. The fourth-order valence-corrected chi connectivity index (χ4v) is 6.03. The Bertz CT molecular complexity index is 1120. The molecule has 0 heterocycles. The van der Waals surface area contributed by atoms with Gasteiger partial charge in [0.25, 0.3) is 0 Å². The van der Waals surface area contributed by atoms with Crippen LogP contribution in [0.1, 0.15) is 101 Å². The largest absolute Gasteiger partial charge is 0.143 e. The highest BCUT2D eigenvalue weighted by Gasteiger charge is 2.23. The zero-order chi connectivity index (χ0) is 21.2. The number of rotatable bonds is 4. The van der Waals surface area contributed by atoms with Crippen molar-refractivity contribution in [1.29, 1.82) is 0 Å². The predicted octanol–water partition coefficient (Wildman–Crippen LogP) is 9.37. The van der Waals surface area contributed by atoms with E-state index in [1.807, 2.05) is 0 Å². The van der Waals surface area contributed by atoms with Gasteiger partial charge in [-0.25, -0.2) is 0 Å². The zero-order valence-corrected chi connectivity index (χ0v) is 20.0. The van der Waals surface area contributed by atoms with Crippen molar-refractivity contribution in [2.75, 3.05) is 0 Å². The van der Waals surface area contributed by atoms with E-state index in [4.69, 9.17) is 12.6 Å². The van der Waals surface area contributed by atoms with Gasteiger partial charge < -0.3 is 0 Å². The highest BCUT2D eigenvalue weighted by molar-refractivity contribution is 7.80. The van der Waals surface area contributed by atoms with Crippen molar-refractivity contribution >= 4 is 44.9 Å². The number of thiol groups is 1. The van der Waals surface area contributed by atoms with Gasteiger partial charge in [-0.15, -0.1) is 12.6 Å². The van der Waals surface area contributed by atoms with Crippen LogP contribution in [0.15, 0.2) is 35.2 Å². The smallest absolute Gasteiger partial charge is 0.0122 e. The molecule has 0 spiro atoms. The Kier molecular flexibility index (Phi) is 5.10. The highest BCUT2D eigenvalue weighted by atomic mass is 32.1. The Balaban J connectivity index is 2.37. The van der Waals surface area contributed by atoms with Crippen LogP contribution in [0.5, 0.6) is 0 Å². The Morgan fingerprint density at radius 2 is 0.862 bits per heavy atom. The van der Waals surface area contributed by atoms with Gasteiger partial charge >= 0.3 is 0 Å². The first-order chi connectivity index (χ1) is 13.6. The first kappa shape index (κ1) is 20.5. The molecule has 0 unspecified atom stereocenters. The SMILES string of the molecule is CC(C)c1cc(C(C)C)c2ccc3c(C(C)C)c(S)c(C(C)C)c4ccc1c2c43. The monoisotopic (exact) mass is 402 g/mol. The first-order valence-corrected chi connectivity index (χ1v) is 11.6. The molecule has 0 N–H and O–H groups in total. The molecule has 4 rings (SSSR count). The standard InChI is InChI=1S/C28H34S/c1-14(2)22-13-23(15(3)4)19-10-12-21-25(17(7)8)28(29)24(16(5)6)20-11-9-18(22)26(19)27(20)21/h9-17,29H,1-8H3. The van der Waals surface area contributed by atoms with Crippen molar-refractivity contribution in [2.45, 2.75) is 84.0 Å². The van der Waals surface area contributed by atoms with Gasteiger partial charge in [-0.2, -0.15) is 0 Å². The van der Waals surface area contributed by atoms with E-state index in [2.05, 4.69) is 85.7 Å². The van der Waals surface area contributed by atoms with Gasteiger partial charge in [0.2, 0.25) is 0 Å². The van der Waals surface area contributed by atoms with Crippen LogP contribution >= 0.6 is 12.6 Å². The molecule has 4 aromatic carbocycles. The summed E-state index contributed by atoms with van der Waals surface area (Å²) in [5, 5.41) is 8.54. The second-order valence-electron chi connectivity index (χ2n) is 9.92. The Hall–Kier alpha value is -1.73. The molecule has 4 aromatic rings. The van der Waals surface area contributed by atoms with E-state index in [0.29, 0.717) is 23.7 Å². The second kappa shape index (κ2) is 7.20. The maximum atomic E-state index is 5.08. The maximum Gasteiger partial charge on any atom is 0.0122 e. The summed E-state index contributed by atoms with van der Waals surface area (Å²) in [4.78, 5) is 1.19. The van der Waals surface area contributed by atoms with E-state index in [1.165, 1.54) is 59.5 Å². The first-order valence-electron chi connectivity index (χ1n) is 11.1. The van der Waals surface area contributed by atoms with Gasteiger partial charge in [0.05, 0.1) is 0 Å². The van der Waals surface area contributed by atoms with Crippen LogP contribution < -0.4 is 0 Å². The minimum Gasteiger partial charge on any atom is -0.143 e. The normalized spacial score (nSPS) is 12.9. The fourth-order valence-electron chi connectivity index (χ4n) is 5.27. The number of benzene rings is 4. The van der Waals surface area contributed by atoms with Crippen LogP contribution in [-0.4, -0.2) is 0 Å². The molecule has 0 aliphatic heterocycles. The summed E-state index contributed by atoms with van der Waals surface area (Å²) in [5.41, 5.74) is 5.76. The van der Waals surface area contributed by atoms with Crippen molar-refractivity contribution in [3.8, 4) is 0 Å². The summed E-state index contributed by atoms with van der Waals surface area (Å²) < 4.78 is 0. The van der Waals surface area contributed by atoms with Crippen molar-refractivity contribution in [1.82, 2.24) is 0 Å². The molecular formula is C28H34S. The summed E-state index contributed by atoms with van der Waals surface area (Å²) in [7, 11) is 0. The lowest BCUT2D eigenvalue weighted by molar-refractivity contribution is 0.810. The lowest BCUT2D eigenvalue weighted by Crippen LogP contribution is -2.03. The molecule has 1 heteroatoms. The van der Waals surface area contributed by atoms with Crippen molar-refractivity contribution < 1.29 is 0 Å². The van der Waals surface area contributed by atoms with Crippen LogP contribution in [0.25, 0.3) is 32.3 Å². The van der Waals surface area contributed by atoms with Crippen LogP contribution in [-0.2, 0) is 0 Å². The Labute approximate surface area is 181 Å². The Morgan fingerprint density at radius 1 is 0.517 bits per heavy atom. The molecule has 152 valence electrons. The third kappa shape index (κ3) is 2.96. The zero-order valence-electron chi connectivity index (χ0n) is 19.1. The minimum absolute atomic E-state index is 0.443. The van der Waals surface area contributed by atoms with Gasteiger partial charge in [-0.3, -0.25) is 0 Å². The van der Waals surface area contributed by atoms with Gasteiger partial charge in [0.1, 0.15) is 0 Å². The Morgan fingerprint density at radius 3 is 1.21 bits per heavy atom. The molecule has 0 saturated carbocycles. The van der Waals surface area contributed by atoms with Gasteiger partial charge in [-0.1, -0.05) is 85.7 Å². The summed E-state index contributed by atoms with van der Waals surface area (Å²) >= 11 is 5.08. The molecule has 0 amide bonds. The summed E-state index contributed by atoms with van der Waals surface area (Å²) in [5.74, 6) is 1.90. The quantitative estimate of drug-likeness (QED) is 0.255. The lowest BCUT2D eigenvalue weighted by atomic mass is 9.80. The summed E-state index contributed by atoms with van der Waals surface area (Å²) in [6, 6.07) is 11.9. The molecule has 29 heavy (non-hydrogen) atoms. The predicted molar refractivity (Wildman–Crippen MR) is 134 cm³/mol. The molecule has 0 aliphatic rings. The van der Waals surface area contributed by atoms with Gasteiger partial charge in [0.15, 0.2) is 0 Å². The van der Waals surface area contributed by atoms with E-state index >= 15 is 0 Å². The molecule has 0 nitrogen and oxygen atoms in total. The third-order valence-electron chi connectivity index (χ3n) is 6.58. The van der Waals surface area contributed by atoms with E-state index < -0.39 is 0 Å². The summed E-state index contributed by atoms with van der Waals surface area (Å²) in [6.07, 6.45) is 0. The van der Waals surface area contributed by atoms with Crippen LogP contribution in [0.4, 0.5) is 0 Å². The topological polar surface area (TPSA) is 0 Å². The molecule has 0 aromatic heterocycles. The molecule has 0 radical (unpaired) electrons. The average molecular weight is 403 g/mol. The second-order valence-corrected chi connectivity index (χ2v) is 10.4. The van der Waals surface area contributed by atoms with E-state index in [-0.39, 0.29) is 0 Å². The van der Waals surface area contributed by atoms with Gasteiger partial charge in [0, 0.05) is 4.90 Å². The lowest BCUT2D eigenvalue weighted by Gasteiger charge is -2.26. The number of hydrogen-bond acceptors (Lipinski definition) is 1. The van der Waals surface area contributed by atoms with Crippen LogP contribution in [0, 0.1) is 0 Å². The van der Waals surface area contributed by atoms with Crippen molar-refractivity contribution in [3.05, 3.63) is 52.6 Å². The van der Waals surface area contributed by atoms with Crippen LogP contribution in [0.3, 0.4) is 0 Å². The minimum atomic E-state index is 0.443. The molecule has 0 saturated heterocycles. The maximum absolute atomic E-state index is 5.08. The molecule has 0 bridgehead atoms. The van der Waals surface area contributed by atoms with E-state index in [1.54, 1.807) is 0 Å². The molecule has 0 aliphatic carbocycles. The molecule has 0 atom stereocenters. The van der Waals surface area contributed by atoms with Crippen molar-refractivity contribution in [2.24, 2.45) is 0 Å². The van der Waals surface area contributed by atoms with Crippen molar-refractivity contribution in [3.63, 3.8) is 0 Å². The molecular weight excluding hydrogens is 368 g/mol. The average Bonchev–Trinajstić information content (AvgIpc) is 2.63. The van der Waals surface area contributed by atoms with Crippen LogP contribution in [0.2, 0.25) is 0 Å². The van der Waals surface area contributed by atoms with Gasteiger partial charge in [-0.05, 0) is 78.2 Å². The van der Waals surface area contributed by atoms with E-state index in [9.17, 15) is 0 Å². The molecule has 0 fully saturated rings.